The Bertz CT molecular complexity index is 1040. The molecule has 6 heteroatoms. The number of H-pyrrole nitrogens is 1. The molecule has 0 aromatic carbocycles. The number of pyridine rings is 1. The first-order valence-corrected chi connectivity index (χ1v) is 13.4. The number of rotatable bonds is 7. The van der Waals surface area contributed by atoms with Crippen LogP contribution in [0.1, 0.15) is 76.8 Å². The number of fused-ring (bicyclic) bond motifs is 1. The Kier molecular flexibility index (Phi) is 7.31. The van der Waals surface area contributed by atoms with E-state index in [1.165, 1.54) is 44.9 Å². The van der Waals surface area contributed by atoms with Gasteiger partial charge in [0, 0.05) is 37.4 Å². The van der Waals surface area contributed by atoms with Gasteiger partial charge in [0.25, 0.3) is 0 Å². The number of amides is 1. The number of carbonyl (C=O) groups is 1. The second-order valence-electron chi connectivity index (χ2n) is 10.6. The van der Waals surface area contributed by atoms with Crippen LogP contribution in [0.3, 0.4) is 0 Å². The first-order chi connectivity index (χ1) is 16.7. The van der Waals surface area contributed by atoms with Crippen molar-refractivity contribution >= 4 is 22.6 Å². The number of nitrogens with zero attached hydrogens (tertiary/aromatic N) is 3. The Labute approximate surface area is 203 Å². The highest BCUT2D eigenvalue weighted by atomic mass is 16.2. The van der Waals surface area contributed by atoms with Gasteiger partial charge in [-0.25, -0.2) is 4.98 Å². The highest BCUT2D eigenvalue weighted by Crippen LogP contribution is 2.31. The van der Waals surface area contributed by atoms with E-state index in [1.54, 1.807) is 5.57 Å². The maximum atomic E-state index is 13.0. The molecule has 2 aromatic heterocycles. The quantitative estimate of drug-likeness (QED) is 0.548. The Morgan fingerprint density at radius 3 is 2.79 bits per heavy atom. The largest absolute Gasteiger partial charge is 0.367 e. The highest BCUT2D eigenvalue weighted by molar-refractivity contribution is 5.92. The zero-order valence-electron chi connectivity index (χ0n) is 20.6. The van der Waals surface area contributed by atoms with Gasteiger partial charge in [-0.2, -0.15) is 5.10 Å². The molecular formula is C28H39N5O. The Morgan fingerprint density at radius 1 is 1.18 bits per heavy atom. The molecule has 1 saturated carbocycles. The molecule has 0 radical (unpaired) electrons. The molecule has 0 bridgehead atoms. The van der Waals surface area contributed by atoms with E-state index in [-0.39, 0.29) is 5.91 Å². The third-order valence-corrected chi connectivity index (χ3v) is 8.14. The van der Waals surface area contributed by atoms with Gasteiger partial charge in [-0.1, -0.05) is 50.0 Å². The van der Waals surface area contributed by atoms with Crippen molar-refractivity contribution < 1.29 is 4.79 Å². The summed E-state index contributed by atoms with van der Waals surface area (Å²) in [5.74, 6) is 2.56. The summed E-state index contributed by atoms with van der Waals surface area (Å²) in [7, 11) is 0. The van der Waals surface area contributed by atoms with E-state index in [0.717, 1.165) is 48.3 Å². The second kappa shape index (κ2) is 10.7. The first kappa shape index (κ1) is 23.1. The molecular weight excluding hydrogens is 422 g/mol. The second-order valence-corrected chi connectivity index (χ2v) is 10.6. The van der Waals surface area contributed by atoms with Gasteiger partial charge in [0.2, 0.25) is 5.91 Å². The molecule has 2 aromatic rings. The summed E-state index contributed by atoms with van der Waals surface area (Å²) in [4.78, 5) is 19.7. The van der Waals surface area contributed by atoms with Crippen LogP contribution in [0.15, 0.2) is 36.1 Å². The van der Waals surface area contributed by atoms with Gasteiger partial charge < -0.3 is 10.2 Å². The minimum absolute atomic E-state index is 0.264. The number of hydrogen-bond acceptors (Lipinski definition) is 4. The summed E-state index contributed by atoms with van der Waals surface area (Å²) in [5, 5.41) is 12.4. The van der Waals surface area contributed by atoms with Crippen molar-refractivity contribution in [1.29, 1.82) is 0 Å². The minimum atomic E-state index is 0.264. The summed E-state index contributed by atoms with van der Waals surface area (Å²) >= 11 is 0. The topological polar surface area (TPSA) is 73.9 Å². The Morgan fingerprint density at radius 2 is 2.00 bits per heavy atom. The molecule has 34 heavy (non-hydrogen) atoms. The number of nitrogens with one attached hydrogen (secondary N) is 2. The average Bonchev–Trinajstić information content (AvgIpc) is 3.29. The predicted molar refractivity (Wildman–Crippen MR) is 138 cm³/mol. The first-order valence-electron chi connectivity index (χ1n) is 13.4. The van der Waals surface area contributed by atoms with Crippen LogP contribution >= 0.6 is 0 Å². The van der Waals surface area contributed by atoms with Crippen LogP contribution in [-0.4, -0.2) is 45.1 Å². The summed E-state index contributed by atoms with van der Waals surface area (Å²) < 4.78 is 0. The summed E-state index contributed by atoms with van der Waals surface area (Å²) in [6, 6.07) is 2.44. The van der Waals surface area contributed by atoms with Crippen LogP contribution in [0.2, 0.25) is 0 Å². The molecule has 182 valence electrons. The number of anilines is 1. The summed E-state index contributed by atoms with van der Waals surface area (Å²) in [6.07, 6.45) is 20.7. The fourth-order valence-electron chi connectivity index (χ4n) is 5.93. The Hall–Kier alpha value is -2.63. The van der Waals surface area contributed by atoms with Gasteiger partial charge in [0.15, 0.2) is 0 Å². The molecule has 3 aliphatic rings. The lowest BCUT2D eigenvalue weighted by molar-refractivity contribution is -0.132. The fourth-order valence-corrected chi connectivity index (χ4v) is 5.93. The van der Waals surface area contributed by atoms with Gasteiger partial charge in [0.05, 0.1) is 10.9 Å². The SMILES string of the molecule is CC1CC=CC=C1CC1CCN(C(=O)CCc2[nH]nc3ccnc(NC4CCCCC4)c23)CC1. The Balaban J connectivity index is 1.15. The number of carbonyl (C=O) groups excluding carboxylic acids is 1. The average molecular weight is 462 g/mol. The number of likely N-dealkylation sites (tertiary alicyclic amines) is 1. The molecule has 1 aliphatic heterocycles. The van der Waals surface area contributed by atoms with Crippen LogP contribution in [0.25, 0.3) is 10.9 Å². The molecule has 2 aliphatic carbocycles. The fraction of sp³-hybridized carbons (Fsp3) is 0.607. The maximum Gasteiger partial charge on any atom is 0.222 e. The molecule has 3 heterocycles. The smallest absolute Gasteiger partial charge is 0.222 e. The number of allylic oxidation sites excluding steroid dienone is 4. The van der Waals surface area contributed by atoms with Crippen molar-refractivity contribution in [2.75, 3.05) is 18.4 Å². The molecule has 0 spiro atoms. The third kappa shape index (κ3) is 5.37. The van der Waals surface area contributed by atoms with E-state index in [9.17, 15) is 4.79 Å². The van der Waals surface area contributed by atoms with Gasteiger partial charge in [-0.3, -0.25) is 9.89 Å². The lowest BCUT2D eigenvalue weighted by Crippen LogP contribution is -2.38. The van der Waals surface area contributed by atoms with E-state index >= 15 is 0 Å². The van der Waals surface area contributed by atoms with Crippen LogP contribution in [-0.2, 0) is 11.2 Å². The minimum Gasteiger partial charge on any atom is -0.367 e. The standard InChI is InChI=1S/C28H39N5O/c1-20-7-5-6-8-22(20)19-21-14-17-33(18-15-21)26(34)12-11-24-27-25(32-31-24)13-16-29-28(27)30-23-9-3-2-4-10-23/h5-6,8,13,16,20-21,23H,2-4,7,9-12,14-15,17-19H2,1H3,(H,29,30)(H,31,32). The van der Waals surface area contributed by atoms with Crippen LogP contribution in [0.5, 0.6) is 0 Å². The lowest BCUT2D eigenvalue weighted by Gasteiger charge is -2.33. The van der Waals surface area contributed by atoms with Gasteiger partial charge in [-0.15, -0.1) is 0 Å². The van der Waals surface area contributed by atoms with Crippen molar-refractivity contribution in [2.24, 2.45) is 11.8 Å². The van der Waals surface area contributed by atoms with Crippen LogP contribution in [0, 0.1) is 11.8 Å². The number of aromatic amines is 1. The predicted octanol–water partition coefficient (Wildman–Crippen LogP) is 5.79. The van der Waals surface area contributed by atoms with Crippen LogP contribution < -0.4 is 5.32 Å². The van der Waals surface area contributed by atoms with Gasteiger partial charge in [-0.05, 0) is 62.8 Å². The van der Waals surface area contributed by atoms with Gasteiger partial charge in [0.1, 0.15) is 5.82 Å². The molecule has 5 rings (SSSR count). The third-order valence-electron chi connectivity index (χ3n) is 8.14. The number of hydrogen-bond donors (Lipinski definition) is 2. The summed E-state index contributed by atoms with van der Waals surface area (Å²) in [6.45, 7) is 4.11. The van der Waals surface area contributed by atoms with E-state index in [2.05, 4.69) is 50.5 Å². The number of aryl methyl sites for hydroxylation is 1. The normalized spacial score (nSPS) is 22.2. The van der Waals surface area contributed by atoms with E-state index in [1.807, 2.05) is 12.3 Å². The molecule has 2 N–H and O–H groups in total. The van der Waals surface area contributed by atoms with E-state index < -0.39 is 0 Å². The van der Waals surface area contributed by atoms with Crippen molar-refractivity contribution in [3.05, 3.63) is 41.8 Å². The highest BCUT2D eigenvalue weighted by Gasteiger charge is 2.25. The zero-order chi connectivity index (χ0) is 23.3. The molecule has 2 fully saturated rings. The van der Waals surface area contributed by atoms with E-state index in [4.69, 9.17) is 0 Å². The summed E-state index contributed by atoms with van der Waals surface area (Å²) in [5.41, 5.74) is 3.54. The molecule has 1 amide bonds. The van der Waals surface area contributed by atoms with Crippen LogP contribution in [0.4, 0.5) is 5.82 Å². The maximum absolute atomic E-state index is 13.0. The van der Waals surface area contributed by atoms with E-state index in [0.29, 0.717) is 30.7 Å². The molecule has 6 nitrogen and oxygen atoms in total. The van der Waals surface area contributed by atoms with Gasteiger partial charge >= 0.3 is 0 Å². The number of aromatic nitrogens is 3. The monoisotopic (exact) mass is 461 g/mol. The van der Waals surface area contributed by atoms with Crippen molar-refractivity contribution in [2.45, 2.75) is 83.6 Å². The van der Waals surface area contributed by atoms with Crippen molar-refractivity contribution in [3.8, 4) is 0 Å². The molecule has 1 saturated heterocycles. The zero-order valence-corrected chi connectivity index (χ0v) is 20.6. The molecule has 1 unspecified atom stereocenters. The number of piperidine rings is 1. The van der Waals surface area contributed by atoms with Crippen molar-refractivity contribution in [3.63, 3.8) is 0 Å². The lowest BCUT2D eigenvalue weighted by atomic mass is 9.83. The molecule has 1 atom stereocenters. The van der Waals surface area contributed by atoms with Crippen molar-refractivity contribution in [1.82, 2.24) is 20.1 Å².